The molecule has 0 heterocycles. The maximum Gasteiger partial charge on any atom is 0.312 e. The highest BCUT2D eigenvalue weighted by Crippen LogP contribution is 2.06. The third-order valence-electron chi connectivity index (χ3n) is 2.04. The molecule has 0 fully saturated rings. The van der Waals surface area contributed by atoms with Gasteiger partial charge in [-0.1, -0.05) is 42.5 Å². The maximum atomic E-state index is 11.3. The van der Waals surface area contributed by atoms with E-state index in [1.54, 1.807) is 0 Å². The molecule has 0 N–H and O–H groups in total. The van der Waals surface area contributed by atoms with Gasteiger partial charge in [0.25, 0.3) is 0 Å². The zero-order valence-corrected chi connectivity index (χ0v) is 9.14. The minimum absolute atomic E-state index is 0.176. The summed E-state index contributed by atoms with van der Waals surface area (Å²) in [5.74, 6) is -0.366. The molecular formula is C13H16O2. The minimum atomic E-state index is -0.190. The second-order valence-electron chi connectivity index (χ2n) is 3.31. The van der Waals surface area contributed by atoms with E-state index in [9.17, 15) is 4.79 Å². The fourth-order valence-corrected chi connectivity index (χ4v) is 1.17. The molecule has 0 saturated heterocycles. The van der Waals surface area contributed by atoms with Crippen molar-refractivity contribution in [3.8, 4) is 0 Å². The molecular weight excluding hydrogens is 188 g/mol. The molecule has 2 nitrogen and oxygen atoms in total. The van der Waals surface area contributed by atoms with E-state index in [1.807, 2.05) is 56.3 Å². The van der Waals surface area contributed by atoms with Crippen molar-refractivity contribution in [3.63, 3.8) is 0 Å². The van der Waals surface area contributed by atoms with Gasteiger partial charge in [-0.25, -0.2) is 0 Å². The molecule has 1 rings (SSSR count). The summed E-state index contributed by atoms with van der Waals surface area (Å²) in [6.45, 7) is 4.07. The van der Waals surface area contributed by atoms with E-state index in [0.717, 1.165) is 5.56 Å². The highest BCUT2D eigenvalue weighted by molar-refractivity contribution is 5.75. The van der Waals surface area contributed by atoms with E-state index >= 15 is 0 Å². The lowest BCUT2D eigenvalue weighted by molar-refractivity contribution is -0.145. The Labute approximate surface area is 90.6 Å². The van der Waals surface area contributed by atoms with Gasteiger partial charge >= 0.3 is 5.97 Å². The van der Waals surface area contributed by atoms with Crippen LogP contribution in [0.3, 0.4) is 0 Å². The number of hydrogen-bond donors (Lipinski definition) is 0. The Bertz CT molecular complexity index is 328. The normalized spacial score (nSPS) is 12.7. The van der Waals surface area contributed by atoms with Crippen molar-refractivity contribution in [1.29, 1.82) is 0 Å². The van der Waals surface area contributed by atoms with Crippen LogP contribution < -0.4 is 0 Å². The van der Waals surface area contributed by atoms with Crippen LogP contribution in [0, 0.1) is 5.92 Å². The van der Waals surface area contributed by atoms with E-state index in [4.69, 9.17) is 4.74 Å². The van der Waals surface area contributed by atoms with Gasteiger partial charge in [-0.15, -0.1) is 0 Å². The molecule has 1 atom stereocenters. The van der Waals surface area contributed by atoms with Crippen molar-refractivity contribution in [3.05, 3.63) is 42.0 Å². The van der Waals surface area contributed by atoms with Crippen LogP contribution in [0.2, 0.25) is 0 Å². The van der Waals surface area contributed by atoms with Gasteiger partial charge in [-0.2, -0.15) is 0 Å². The largest absolute Gasteiger partial charge is 0.466 e. The summed E-state index contributed by atoms with van der Waals surface area (Å²) in [5, 5.41) is 0. The second-order valence-corrected chi connectivity index (χ2v) is 3.31. The fourth-order valence-electron chi connectivity index (χ4n) is 1.17. The first-order valence-electron chi connectivity index (χ1n) is 5.14. The third-order valence-corrected chi connectivity index (χ3v) is 2.04. The van der Waals surface area contributed by atoms with Crippen LogP contribution >= 0.6 is 0 Å². The van der Waals surface area contributed by atoms with Crippen molar-refractivity contribution in [2.75, 3.05) is 6.61 Å². The highest BCUT2D eigenvalue weighted by atomic mass is 16.5. The first-order chi connectivity index (χ1) is 7.24. The molecule has 0 aliphatic carbocycles. The zero-order chi connectivity index (χ0) is 11.1. The quantitative estimate of drug-likeness (QED) is 0.705. The second kappa shape index (κ2) is 6.02. The van der Waals surface area contributed by atoms with Gasteiger partial charge < -0.3 is 4.74 Å². The number of hydrogen-bond acceptors (Lipinski definition) is 2. The molecule has 0 radical (unpaired) electrons. The third kappa shape index (κ3) is 3.98. The summed E-state index contributed by atoms with van der Waals surface area (Å²) in [6, 6.07) is 9.89. The van der Waals surface area contributed by atoms with Crippen molar-refractivity contribution in [2.45, 2.75) is 13.8 Å². The molecule has 0 aromatic heterocycles. The summed E-state index contributed by atoms with van der Waals surface area (Å²) in [5.41, 5.74) is 1.09. The van der Waals surface area contributed by atoms with Crippen LogP contribution in [-0.4, -0.2) is 12.6 Å². The molecule has 2 heteroatoms. The van der Waals surface area contributed by atoms with Crippen LogP contribution in [0.1, 0.15) is 19.4 Å². The number of carbonyl (C=O) groups excluding carboxylic acids is 1. The summed E-state index contributed by atoms with van der Waals surface area (Å²) >= 11 is 0. The number of benzene rings is 1. The van der Waals surface area contributed by atoms with Gasteiger partial charge in [0, 0.05) is 0 Å². The van der Waals surface area contributed by atoms with E-state index < -0.39 is 0 Å². The minimum Gasteiger partial charge on any atom is -0.466 e. The molecule has 1 unspecified atom stereocenters. The Morgan fingerprint density at radius 2 is 2.07 bits per heavy atom. The molecule has 0 aliphatic heterocycles. The van der Waals surface area contributed by atoms with Gasteiger partial charge in [0.05, 0.1) is 12.5 Å². The number of esters is 1. The molecule has 1 aromatic carbocycles. The average molecular weight is 204 g/mol. The van der Waals surface area contributed by atoms with Crippen LogP contribution in [0.15, 0.2) is 36.4 Å². The molecule has 80 valence electrons. The number of ether oxygens (including phenoxy) is 1. The van der Waals surface area contributed by atoms with E-state index in [0.29, 0.717) is 6.61 Å². The molecule has 0 aliphatic rings. The Balaban J connectivity index is 2.54. The molecule has 0 amide bonds. The van der Waals surface area contributed by atoms with Crippen molar-refractivity contribution >= 4 is 12.0 Å². The lowest BCUT2D eigenvalue weighted by Crippen LogP contribution is -2.12. The zero-order valence-electron chi connectivity index (χ0n) is 9.14. The van der Waals surface area contributed by atoms with Gasteiger partial charge in [0.1, 0.15) is 0 Å². The standard InChI is InChI=1S/C13H16O2/c1-3-15-13(14)11(2)9-10-12-7-5-4-6-8-12/h4-11H,3H2,1-2H3/b10-9+. The Morgan fingerprint density at radius 1 is 1.40 bits per heavy atom. The van der Waals surface area contributed by atoms with E-state index in [-0.39, 0.29) is 11.9 Å². The SMILES string of the molecule is CCOC(=O)C(C)/C=C/c1ccccc1. The summed E-state index contributed by atoms with van der Waals surface area (Å²) in [4.78, 5) is 11.3. The Morgan fingerprint density at radius 3 is 2.67 bits per heavy atom. The van der Waals surface area contributed by atoms with Gasteiger partial charge in [-0.05, 0) is 19.4 Å². The summed E-state index contributed by atoms with van der Waals surface area (Å²) < 4.78 is 4.90. The van der Waals surface area contributed by atoms with Crippen molar-refractivity contribution in [2.24, 2.45) is 5.92 Å². The monoisotopic (exact) mass is 204 g/mol. The number of rotatable bonds is 4. The predicted molar refractivity (Wildman–Crippen MR) is 61.3 cm³/mol. The van der Waals surface area contributed by atoms with Crippen LogP contribution in [0.5, 0.6) is 0 Å². The predicted octanol–water partition coefficient (Wildman–Crippen LogP) is 2.90. The lowest BCUT2D eigenvalue weighted by atomic mass is 10.1. The van der Waals surface area contributed by atoms with Crippen LogP contribution in [0.25, 0.3) is 6.08 Å². The molecule has 1 aromatic rings. The highest BCUT2D eigenvalue weighted by Gasteiger charge is 2.09. The summed E-state index contributed by atoms with van der Waals surface area (Å²) in [6.07, 6.45) is 3.79. The van der Waals surface area contributed by atoms with Gasteiger partial charge in [-0.3, -0.25) is 4.79 Å². The first-order valence-corrected chi connectivity index (χ1v) is 5.14. The Hall–Kier alpha value is -1.57. The molecule has 0 spiro atoms. The summed E-state index contributed by atoms with van der Waals surface area (Å²) in [7, 11) is 0. The topological polar surface area (TPSA) is 26.3 Å². The molecule has 0 saturated carbocycles. The lowest BCUT2D eigenvalue weighted by Gasteiger charge is -2.04. The Kier molecular flexibility index (Phi) is 4.61. The fraction of sp³-hybridized carbons (Fsp3) is 0.308. The van der Waals surface area contributed by atoms with E-state index in [1.165, 1.54) is 0 Å². The van der Waals surface area contributed by atoms with Gasteiger partial charge in [0.15, 0.2) is 0 Å². The smallest absolute Gasteiger partial charge is 0.312 e. The first kappa shape index (κ1) is 11.5. The molecule has 0 bridgehead atoms. The van der Waals surface area contributed by atoms with Gasteiger partial charge in [0.2, 0.25) is 0 Å². The van der Waals surface area contributed by atoms with Crippen LogP contribution in [0.4, 0.5) is 0 Å². The van der Waals surface area contributed by atoms with Crippen molar-refractivity contribution < 1.29 is 9.53 Å². The average Bonchev–Trinajstić information content (AvgIpc) is 2.27. The molecule has 15 heavy (non-hydrogen) atoms. The number of carbonyl (C=O) groups is 1. The van der Waals surface area contributed by atoms with Crippen molar-refractivity contribution in [1.82, 2.24) is 0 Å². The van der Waals surface area contributed by atoms with E-state index in [2.05, 4.69) is 0 Å². The van der Waals surface area contributed by atoms with Crippen LogP contribution in [-0.2, 0) is 9.53 Å². The maximum absolute atomic E-state index is 11.3.